The standard InChI is InChI=1S/C38H52N6O.C15H20FN3O3.C2H6/c1-5-19-42(6-2)27-30-14-22-44(23-15-30)38(45)33-9-7-31(8-10-33)32-16-20-43(21-17-32)26-28(3)24-36-29(4)40-18-13-35(36)34-11-12-37(39)41-25-34;1-4-10-7-8-11-14(13(10)16)17(2)15(21)19(11)12(18(3)22)6-5-9-20;1-2/h7-13,18,24-25,30,32H,5-6,14-17,19-23,26-27H2,1-4H3,(H2,39,41);7-9,12,22H,4-6H2,1-3H3;1-2H3/b28-24+;;. The summed E-state index contributed by atoms with van der Waals surface area (Å²) < 4.78 is 17.1. The van der Waals surface area contributed by atoms with E-state index in [0.29, 0.717) is 35.2 Å². The number of aromatic nitrogens is 4. The minimum atomic E-state index is -0.728. The number of nitrogens with two attached hydrogens (primary N) is 1. The summed E-state index contributed by atoms with van der Waals surface area (Å²) in [5, 5.41) is 10.7. The van der Waals surface area contributed by atoms with E-state index < -0.39 is 17.7 Å². The molecule has 1 unspecified atom stereocenters. The maximum absolute atomic E-state index is 14.5. The first-order valence-electron chi connectivity index (χ1n) is 25.2. The predicted molar refractivity (Wildman–Crippen MR) is 278 cm³/mol. The first kappa shape index (κ1) is 54.4. The third-order valence-corrected chi connectivity index (χ3v) is 13.7. The summed E-state index contributed by atoms with van der Waals surface area (Å²) in [4.78, 5) is 52.4. The van der Waals surface area contributed by atoms with Crippen molar-refractivity contribution < 1.29 is 19.2 Å². The van der Waals surface area contributed by atoms with Crippen LogP contribution in [0.3, 0.4) is 0 Å². The van der Waals surface area contributed by atoms with Crippen LogP contribution in [0.25, 0.3) is 28.2 Å². The van der Waals surface area contributed by atoms with Gasteiger partial charge in [0.15, 0.2) is 5.82 Å². The summed E-state index contributed by atoms with van der Waals surface area (Å²) in [6, 6.07) is 17.8. The molecule has 1 amide bonds. The number of pyridine rings is 2. The van der Waals surface area contributed by atoms with Crippen LogP contribution in [-0.2, 0) is 18.3 Å². The van der Waals surface area contributed by atoms with Gasteiger partial charge in [0, 0.05) is 81.5 Å². The number of piperidine rings is 2. The highest BCUT2D eigenvalue weighted by molar-refractivity contribution is 5.94. The summed E-state index contributed by atoms with van der Waals surface area (Å²) in [5.74, 6) is 1.54. The van der Waals surface area contributed by atoms with Crippen LogP contribution in [-0.4, -0.2) is 116 Å². The van der Waals surface area contributed by atoms with Gasteiger partial charge in [0.25, 0.3) is 5.91 Å². The summed E-state index contributed by atoms with van der Waals surface area (Å²) in [6.45, 7) is 22.9. The average Bonchev–Trinajstić information content (AvgIpc) is 3.62. The fourth-order valence-electron chi connectivity index (χ4n) is 9.84. The van der Waals surface area contributed by atoms with Crippen LogP contribution < -0.4 is 11.4 Å². The normalized spacial score (nSPS) is 15.5. The Kier molecular flexibility index (Phi) is 20.8. The number of carbonyl (C=O) groups is 2. The van der Waals surface area contributed by atoms with Gasteiger partial charge in [-0.3, -0.25) is 23.8 Å². The molecule has 14 heteroatoms. The molecule has 3 aromatic heterocycles. The third-order valence-electron chi connectivity index (χ3n) is 13.7. The molecule has 0 bridgehead atoms. The Hall–Kier alpha value is -5.54. The number of halogens is 1. The number of aryl methyl sites for hydroxylation is 3. The maximum atomic E-state index is 14.5. The van der Waals surface area contributed by atoms with Crippen LogP contribution in [0.5, 0.6) is 0 Å². The molecule has 1 atom stereocenters. The van der Waals surface area contributed by atoms with Gasteiger partial charge < -0.3 is 25.5 Å². The number of imidazole rings is 1. The number of nitrogen functional groups attached to an aromatic ring is 1. The Balaban J connectivity index is 0.000000310. The van der Waals surface area contributed by atoms with Crippen LogP contribution in [0.1, 0.15) is 131 Å². The molecular formula is C55H78FN9O4. The minimum absolute atomic E-state index is 0.188. The van der Waals surface area contributed by atoms with Crippen molar-refractivity contribution in [2.24, 2.45) is 13.0 Å². The Morgan fingerprint density at radius 2 is 1.67 bits per heavy atom. The molecule has 2 aromatic carbocycles. The van der Waals surface area contributed by atoms with E-state index in [1.54, 1.807) is 12.1 Å². The van der Waals surface area contributed by atoms with Gasteiger partial charge in [-0.2, -0.15) is 5.06 Å². The molecule has 0 aliphatic carbocycles. The average molecular weight is 948 g/mol. The number of carbonyl (C=O) groups excluding carboxylic acids is 2. The number of anilines is 1. The van der Waals surface area contributed by atoms with E-state index >= 15 is 0 Å². The van der Waals surface area contributed by atoms with Crippen LogP contribution in [0.15, 0.2) is 77.4 Å². The second-order valence-electron chi connectivity index (χ2n) is 18.4. The first-order chi connectivity index (χ1) is 33.3. The molecule has 374 valence electrons. The number of aldehydes is 1. The van der Waals surface area contributed by atoms with Gasteiger partial charge in [0.2, 0.25) is 0 Å². The fraction of sp³-hybridized carbons (Fsp3) is 0.509. The Morgan fingerprint density at radius 1 is 0.971 bits per heavy atom. The van der Waals surface area contributed by atoms with Gasteiger partial charge in [-0.05, 0) is 150 Å². The molecule has 5 aromatic rings. The lowest BCUT2D eigenvalue weighted by Crippen LogP contribution is -2.41. The SMILES string of the molecule is CC.CCCN(CC)CC1CCN(C(=O)c2ccc(C3CCN(C/C(C)=C/c4c(-c5ccc(N)nc5)ccnc4C)CC3)cc2)CC1.CCc1ccc2c(c1F)n(C)c(=O)n2C(CCC=O)N(C)O. The number of fused-ring (bicyclic) bond motifs is 1. The van der Waals surface area contributed by atoms with E-state index in [4.69, 9.17) is 5.73 Å². The van der Waals surface area contributed by atoms with Gasteiger partial charge in [-0.1, -0.05) is 64.5 Å². The third kappa shape index (κ3) is 13.8. The number of amides is 1. The Labute approximate surface area is 409 Å². The van der Waals surface area contributed by atoms with Gasteiger partial charge in [-0.15, -0.1) is 0 Å². The number of likely N-dealkylation sites (tertiary alicyclic amines) is 2. The number of benzene rings is 2. The Bertz CT molecular complexity index is 2500. The zero-order valence-corrected chi connectivity index (χ0v) is 42.8. The zero-order valence-electron chi connectivity index (χ0n) is 42.8. The molecule has 2 fully saturated rings. The molecule has 3 N–H and O–H groups in total. The number of hydroxylamine groups is 2. The lowest BCUT2D eigenvalue weighted by molar-refractivity contribution is -0.132. The lowest BCUT2D eigenvalue weighted by atomic mass is 9.88. The molecule has 13 nitrogen and oxygen atoms in total. The highest BCUT2D eigenvalue weighted by Gasteiger charge is 2.27. The predicted octanol–water partition coefficient (Wildman–Crippen LogP) is 9.77. The highest BCUT2D eigenvalue weighted by atomic mass is 19.1. The van der Waals surface area contributed by atoms with Crippen molar-refractivity contribution in [1.82, 2.24) is 38.9 Å². The van der Waals surface area contributed by atoms with Crippen molar-refractivity contribution in [3.8, 4) is 11.1 Å². The van der Waals surface area contributed by atoms with Crippen molar-refractivity contribution >= 4 is 35.1 Å². The van der Waals surface area contributed by atoms with Crippen molar-refractivity contribution in [2.75, 3.05) is 65.1 Å². The molecule has 0 saturated carbocycles. The number of hydrogen-bond acceptors (Lipinski definition) is 10. The molecule has 0 spiro atoms. The van der Waals surface area contributed by atoms with E-state index in [1.165, 1.54) is 53.9 Å². The molecule has 7 rings (SSSR count). The summed E-state index contributed by atoms with van der Waals surface area (Å²) in [5.41, 5.74) is 14.4. The lowest BCUT2D eigenvalue weighted by Gasteiger charge is -2.35. The van der Waals surface area contributed by atoms with Gasteiger partial charge in [-0.25, -0.2) is 14.2 Å². The quantitative estimate of drug-likeness (QED) is 0.0683. The zero-order chi connectivity index (χ0) is 50.2. The van der Waals surface area contributed by atoms with Crippen LogP contribution in [0, 0.1) is 18.7 Å². The second-order valence-corrected chi connectivity index (χ2v) is 18.4. The topological polar surface area (TPSA) is 146 Å². The number of hydrogen-bond donors (Lipinski definition) is 2. The highest BCUT2D eigenvalue weighted by Crippen LogP contribution is 2.31. The van der Waals surface area contributed by atoms with Crippen molar-refractivity contribution in [2.45, 2.75) is 112 Å². The van der Waals surface area contributed by atoms with E-state index in [1.807, 2.05) is 45.3 Å². The fourth-order valence-corrected chi connectivity index (χ4v) is 9.84. The van der Waals surface area contributed by atoms with Gasteiger partial charge >= 0.3 is 5.69 Å². The van der Waals surface area contributed by atoms with Gasteiger partial charge in [0.05, 0.1) is 5.52 Å². The largest absolute Gasteiger partial charge is 0.384 e. The van der Waals surface area contributed by atoms with E-state index in [2.05, 4.69) is 88.8 Å². The van der Waals surface area contributed by atoms with Crippen LogP contribution >= 0.6 is 0 Å². The maximum Gasteiger partial charge on any atom is 0.330 e. The molecule has 2 aliphatic heterocycles. The second kappa shape index (κ2) is 26.4. The van der Waals surface area contributed by atoms with Crippen LogP contribution in [0.4, 0.5) is 10.2 Å². The van der Waals surface area contributed by atoms with E-state index in [0.717, 1.165) is 104 Å². The molecule has 69 heavy (non-hydrogen) atoms. The van der Waals surface area contributed by atoms with Gasteiger partial charge in [0.1, 0.15) is 23.8 Å². The van der Waals surface area contributed by atoms with Crippen LogP contribution in [0.2, 0.25) is 0 Å². The minimum Gasteiger partial charge on any atom is -0.384 e. The van der Waals surface area contributed by atoms with E-state index in [-0.39, 0.29) is 24.3 Å². The summed E-state index contributed by atoms with van der Waals surface area (Å²) >= 11 is 0. The molecular weight excluding hydrogens is 870 g/mol. The summed E-state index contributed by atoms with van der Waals surface area (Å²) in [6.07, 6.45) is 12.6. The summed E-state index contributed by atoms with van der Waals surface area (Å²) in [7, 11) is 2.90. The Morgan fingerprint density at radius 3 is 2.26 bits per heavy atom. The van der Waals surface area contributed by atoms with Crippen molar-refractivity contribution in [3.63, 3.8) is 0 Å². The molecule has 5 heterocycles. The number of nitrogens with zero attached hydrogens (tertiary/aromatic N) is 8. The van der Waals surface area contributed by atoms with Crippen molar-refractivity contribution in [3.05, 3.63) is 117 Å². The van der Waals surface area contributed by atoms with E-state index in [9.17, 15) is 24.0 Å². The number of rotatable bonds is 17. The molecule has 2 aliphatic rings. The molecule has 0 radical (unpaired) electrons. The first-order valence-corrected chi connectivity index (χ1v) is 25.2. The molecule has 2 saturated heterocycles. The smallest absolute Gasteiger partial charge is 0.330 e. The monoisotopic (exact) mass is 948 g/mol. The van der Waals surface area contributed by atoms with Crippen molar-refractivity contribution in [1.29, 1.82) is 0 Å².